The zero-order valence-electron chi connectivity index (χ0n) is 5.39. The third-order valence-corrected chi connectivity index (χ3v) is 1.53. The molecule has 0 bridgehead atoms. The fourth-order valence-corrected chi connectivity index (χ4v) is 0.745. The first kappa shape index (κ1) is 6.55. The molecule has 52 valence electrons. The van der Waals surface area contributed by atoms with E-state index in [0.717, 1.165) is 12.8 Å². The molecule has 0 aromatic heterocycles. The third kappa shape index (κ3) is 2.01. The van der Waals surface area contributed by atoms with Crippen LogP contribution in [0.1, 0.15) is 19.3 Å². The predicted octanol–water partition coefficient (Wildman–Crippen LogP) is 0.491. The smallest absolute Gasteiger partial charge is 0.117 e. The molecule has 9 heavy (non-hydrogen) atoms. The number of nitrogens with one attached hydrogen (secondary N) is 1. The minimum atomic E-state index is 0.127. The van der Waals surface area contributed by atoms with Gasteiger partial charge < -0.3 is 10.5 Å². The van der Waals surface area contributed by atoms with E-state index in [0.29, 0.717) is 12.7 Å². The van der Waals surface area contributed by atoms with Crippen molar-refractivity contribution in [2.75, 3.05) is 6.61 Å². The van der Waals surface area contributed by atoms with Gasteiger partial charge in [0, 0.05) is 0 Å². The Morgan fingerprint density at radius 1 is 1.67 bits per heavy atom. The van der Waals surface area contributed by atoms with Crippen LogP contribution in [0, 0.1) is 5.41 Å². The lowest BCUT2D eigenvalue weighted by atomic mass is 9.96. The van der Waals surface area contributed by atoms with Gasteiger partial charge in [0.2, 0.25) is 0 Å². The number of amidine groups is 1. The molecular formula is C6H12N2O. The van der Waals surface area contributed by atoms with Crippen LogP contribution >= 0.6 is 0 Å². The summed E-state index contributed by atoms with van der Waals surface area (Å²) in [4.78, 5) is 0. The Morgan fingerprint density at radius 2 is 2.33 bits per heavy atom. The molecule has 0 saturated heterocycles. The normalized spacial score (nSPS) is 19.1. The first-order valence-electron chi connectivity index (χ1n) is 3.23. The van der Waals surface area contributed by atoms with Gasteiger partial charge in [-0.2, -0.15) is 0 Å². The average Bonchev–Trinajstić information content (AvgIpc) is 1.60. The van der Waals surface area contributed by atoms with Crippen LogP contribution in [0.4, 0.5) is 0 Å². The molecule has 0 heterocycles. The highest BCUT2D eigenvalue weighted by Crippen LogP contribution is 2.21. The van der Waals surface area contributed by atoms with E-state index in [-0.39, 0.29) is 5.84 Å². The van der Waals surface area contributed by atoms with Gasteiger partial charge in [0.15, 0.2) is 0 Å². The summed E-state index contributed by atoms with van der Waals surface area (Å²) in [6.07, 6.45) is 3.96. The lowest BCUT2D eigenvalue weighted by molar-refractivity contribution is 0.0240. The largest absolute Gasteiger partial charge is 0.386 e. The zero-order chi connectivity index (χ0) is 6.69. The molecule has 0 unspecified atom stereocenters. The number of hydrogen-bond acceptors (Lipinski definition) is 2. The predicted molar refractivity (Wildman–Crippen MR) is 35.5 cm³/mol. The van der Waals surface area contributed by atoms with Gasteiger partial charge in [0.05, 0.1) is 6.10 Å². The Hall–Kier alpha value is -0.570. The second kappa shape index (κ2) is 2.82. The van der Waals surface area contributed by atoms with Crippen molar-refractivity contribution >= 4 is 5.84 Å². The minimum absolute atomic E-state index is 0.127. The maximum absolute atomic E-state index is 6.84. The molecule has 1 fully saturated rings. The highest BCUT2D eigenvalue weighted by molar-refractivity contribution is 5.78. The summed E-state index contributed by atoms with van der Waals surface area (Å²) < 4.78 is 5.19. The second-order valence-corrected chi connectivity index (χ2v) is 2.39. The van der Waals surface area contributed by atoms with Crippen molar-refractivity contribution in [3.05, 3.63) is 0 Å². The molecular weight excluding hydrogens is 116 g/mol. The van der Waals surface area contributed by atoms with E-state index in [2.05, 4.69) is 0 Å². The van der Waals surface area contributed by atoms with Gasteiger partial charge in [0.1, 0.15) is 12.4 Å². The van der Waals surface area contributed by atoms with Crippen LogP contribution in [0.5, 0.6) is 0 Å². The molecule has 0 aromatic rings. The van der Waals surface area contributed by atoms with Crippen LogP contribution in [0.15, 0.2) is 0 Å². The molecule has 0 aromatic carbocycles. The van der Waals surface area contributed by atoms with Gasteiger partial charge in [-0.05, 0) is 19.3 Å². The highest BCUT2D eigenvalue weighted by atomic mass is 16.5. The van der Waals surface area contributed by atoms with E-state index in [1.165, 1.54) is 6.42 Å². The molecule has 1 aliphatic rings. The summed E-state index contributed by atoms with van der Waals surface area (Å²) >= 11 is 0. The van der Waals surface area contributed by atoms with Crippen molar-refractivity contribution in [3.8, 4) is 0 Å². The van der Waals surface area contributed by atoms with Crippen LogP contribution < -0.4 is 5.73 Å². The van der Waals surface area contributed by atoms with E-state index in [1.54, 1.807) is 0 Å². The van der Waals surface area contributed by atoms with Crippen molar-refractivity contribution < 1.29 is 4.74 Å². The van der Waals surface area contributed by atoms with Crippen LogP contribution in [-0.4, -0.2) is 18.5 Å². The number of ether oxygens (including phenoxy) is 1. The van der Waals surface area contributed by atoms with Crippen molar-refractivity contribution in [1.82, 2.24) is 0 Å². The minimum Gasteiger partial charge on any atom is -0.386 e. The van der Waals surface area contributed by atoms with Crippen LogP contribution in [0.25, 0.3) is 0 Å². The van der Waals surface area contributed by atoms with Crippen molar-refractivity contribution in [2.45, 2.75) is 25.4 Å². The Kier molecular flexibility index (Phi) is 2.05. The van der Waals surface area contributed by atoms with Crippen molar-refractivity contribution in [2.24, 2.45) is 5.73 Å². The van der Waals surface area contributed by atoms with Crippen molar-refractivity contribution in [1.29, 1.82) is 5.41 Å². The molecule has 1 aliphatic carbocycles. The van der Waals surface area contributed by atoms with E-state index in [4.69, 9.17) is 15.9 Å². The van der Waals surface area contributed by atoms with Gasteiger partial charge >= 0.3 is 0 Å². The van der Waals surface area contributed by atoms with Gasteiger partial charge in [0.25, 0.3) is 0 Å². The van der Waals surface area contributed by atoms with Gasteiger partial charge in [-0.1, -0.05) is 0 Å². The molecule has 1 rings (SSSR count). The summed E-state index contributed by atoms with van der Waals surface area (Å²) in [5, 5.41) is 6.84. The molecule has 0 spiro atoms. The Bertz CT molecular complexity index is 110. The van der Waals surface area contributed by atoms with E-state index in [9.17, 15) is 0 Å². The number of rotatable bonds is 3. The summed E-state index contributed by atoms with van der Waals surface area (Å²) in [6.45, 7) is 0.310. The Morgan fingerprint density at radius 3 is 2.67 bits per heavy atom. The quantitative estimate of drug-likeness (QED) is 0.429. The molecule has 3 heteroatoms. The lowest BCUT2D eigenvalue weighted by Crippen LogP contribution is -2.27. The lowest BCUT2D eigenvalue weighted by Gasteiger charge is -2.24. The number of hydrogen-bond donors (Lipinski definition) is 2. The number of nitrogens with two attached hydrogens (primary N) is 1. The summed E-state index contributed by atoms with van der Waals surface area (Å²) in [6, 6.07) is 0. The van der Waals surface area contributed by atoms with Crippen LogP contribution in [0.3, 0.4) is 0 Å². The van der Waals surface area contributed by atoms with E-state index < -0.39 is 0 Å². The van der Waals surface area contributed by atoms with Gasteiger partial charge in [-0.3, -0.25) is 5.41 Å². The summed E-state index contributed by atoms with van der Waals surface area (Å²) in [5.74, 6) is 0.127. The molecule has 0 atom stereocenters. The molecule has 1 saturated carbocycles. The maximum Gasteiger partial charge on any atom is 0.117 e. The van der Waals surface area contributed by atoms with Gasteiger partial charge in [-0.15, -0.1) is 0 Å². The van der Waals surface area contributed by atoms with Crippen molar-refractivity contribution in [3.63, 3.8) is 0 Å². The Balaban J connectivity index is 1.97. The summed E-state index contributed by atoms with van der Waals surface area (Å²) in [5.41, 5.74) is 5.08. The molecule has 3 N–H and O–H groups in total. The third-order valence-electron chi connectivity index (χ3n) is 1.53. The molecule has 0 aliphatic heterocycles. The average molecular weight is 128 g/mol. The molecule has 0 radical (unpaired) electrons. The fourth-order valence-electron chi connectivity index (χ4n) is 0.745. The second-order valence-electron chi connectivity index (χ2n) is 2.39. The molecule has 0 amide bonds. The topological polar surface area (TPSA) is 59.1 Å². The monoisotopic (exact) mass is 128 g/mol. The maximum atomic E-state index is 6.84. The fraction of sp³-hybridized carbons (Fsp3) is 0.833. The van der Waals surface area contributed by atoms with Crippen LogP contribution in [0.2, 0.25) is 0 Å². The van der Waals surface area contributed by atoms with E-state index >= 15 is 0 Å². The van der Waals surface area contributed by atoms with Gasteiger partial charge in [-0.25, -0.2) is 0 Å². The first-order chi connectivity index (χ1) is 4.29. The standard InChI is InChI=1S/C6H12N2O/c7-6(8)4-9-5-2-1-3-5/h5H,1-4H2,(H3,7,8). The Labute approximate surface area is 54.7 Å². The first-order valence-corrected chi connectivity index (χ1v) is 3.23. The van der Waals surface area contributed by atoms with E-state index in [1.807, 2.05) is 0 Å². The van der Waals surface area contributed by atoms with Crippen LogP contribution in [-0.2, 0) is 4.74 Å². The zero-order valence-corrected chi connectivity index (χ0v) is 5.39. The highest BCUT2D eigenvalue weighted by Gasteiger charge is 2.17. The SMILES string of the molecule is N=C(N)COC1CCC1. The summed E-state index contributed by atoms with van der Waals surface area (Å²) in [7, 11) is 0. The molecule has 3 nitrogen and oxygen atoms in total.